The average molecular weight is 371 g/mol. The van der Waals surface area contributed by atoms with Crippen LogP contribution in [0.2, 0.25) is 0 Å². The zero-order valence-electron chi connectivity index (χ0n) is 15.1. The third kappa shape index (κ3) is 4.17. The van der Waals surface area contributed by atoms with Crippen molar-refractivity contribution in [2.45, 2.75) is 19.4 Å². The van der Waals surface area contributed by atoms with Gasteiger partial charge >= 0.3 is 0 Å². The number of carbonyl (C=O) groups excluding carboxylic acids is 1. The van der Waals surface area contributed by atoms with Crippen LogP contribution in [-0.4, -0.2) is 55.1 Å². The average Bonchev–Trinajstić information content (AvgIpc) is 3.23. The summed E-state index contributed by atoms with van der Waals surface area (Å²) in [6, 6.07) is 13.1. The molecule has 0 N–H and O–H groups in total. The Hall–Kier alpha value is -1.69. The van der Waals surface area contributed by atoms with Crippen LogP contribution < -0.4 is 0 Å². The van der Waals surface area contributed by atoms with Gasteiger partial charge in [0.15, 0.2) is 0 Å². The second-order valence-electron chi connectivity index (χ2n) is 7.19. The molecule has 1 atom stereocenters. The van der Waals surface area contributed by atoms with E-state index in [0.717, 1.165) is 45.6 Å². The van der Waals surface area contributed by atoms with Crippen molar-refractivity contribution in [1.82, 2.24) is 9.80 Å². The predicted octanol–water partition coefficient (Wildman–Crippen LogP) is 3.49. The van der Waals surface area contributed by atoms with E-state index in [1.807, 2.05) is 4.90 Å². The van der Waals surface area contributed by atoms with Gasteiger partial charge in [0.1, 0.15) is 0 Å². The van der Waals surface area contributed by atoms with Crippen molar-refractivity contribution in [2.24, 2.45) is 5.92 Å². The first-order valence-electron chi connectivity index (χ1n) is 9.51. The van der Waals surface area contributed by atoms with E-state index in [1.165, 1.54) is 16.0 Å². The maximum Gasteiger partial charge on any atom is 0.227 e. The highest BCUT2D eigenvalue weighted by atomic mass is 32.1. The van der Waals surface area contributed by atoms with Gasteiger partial charge in [-0.3, -0.25) is 9.69 Å². The van der Waals surface area contributed by atoms with E-state index in [9.17, 15) is 4.79 Å². The lowest BCUT2D eigenvalue weighted by molar-refractivity contribution is -0.141. The number of ether oxygens (including phenoxy) is 1. The van der Waals surface area contributed by atoms with E-state index >= 15 is 0 Å². The number of morpholine rings is 1. The van der Waals surface area contributed by atoms with Crippen molar-refractivity contribution in [3.63, 3.8) is 0 Å². The van der Waals surface area contributed by atoms with E-state index in [4.69, 9.17) is 4.74 Å². The van der Waals surface area contributed by atoms with Gasteiger partial charge in [-0.1, -0.05) is 24.3 Å². The Labute approximate surface area is 159 Å². The fraction of sp³-hybridized carbons (Fsp3) is 0.476. The number of nitrogens with zero attached hydrogens (tertiary/aromatic N) is 2. The molecule has 26 heavy (non-hydrogen) atoms. The largest absolute Gasteiger partial charge is 0.378 e. The highest BCUT2D eigenvalue weighted by Gasteiger charge is 2.30. The molecule has 2 aliphatic rings. The summed E-state index contributed by atoms with van der Waals surface area (Å²) in [6.45, 7) is 5.73. The minimum Gasteiger partial charge on any atom is -0.378 e. The van der Waals surface area contributed by atoms with Crippen molar-refractivity contribution < 1.29 is 9.53 Å². The van der Waals surface area contributed by atoms with Crippen LogP contribution in [0.15, 0.2) is 41.8 Å². The summed E-state index contributed by atoms with van der Waals surface area (Å²) in [5.74, 6) is 0.465. The molecular weight excluding hydrogens is 344 g/mol. The van der Waals surface area contributed by atoms with Crippen LogP contribution in [0, 0.1) is 5.92 Å². The second kappa shape index (κ2) is 8.33. The molecule has 138 valence electrons. The SMILES string of the molecule is O=C(C1CCCN(Cc2cccc(-c3cccs3)c2)C1)N1CCOCC1. The Morgan fingerprint density at radius 3 is 2.85 bits per heavy atom. The Bertz CT molecular complexity index is 725. The summed E-state index contributed by atoms with van der Waals surface area (Å²) in [7, 11) is 0. The van der Waals surface area contributed by atoms with Gasteiger partial charge in [0.25, 0.3) is 0 Å². The summed E-state index contributed by atoms with van der Waals surface area (Å²) in [6.07, 6.45) is 2.12. The van der Waals surface area contributed by atoms with Gasteiger partial charge < -0.3 is 9.64 Å². The van der Waals surface area contributed by atoms with Crippen LogP contribution in [0.5, 0.6) is 0 Å². The predicted molar refractivity (Wildman–Crippen MR) is 105 cm³/mol. The molecule has 1 aromatic carbocycles. The normalized spacial score (nSPS) is 21.7. The molecule has 4 nitrogen and oxygen atoms in total. The van der Waals surface area contributed by atoms with Crippen molar-refractivity contribution in [2.75, 3.05) is 39.4 Å². The number of rotatable bonds is 4. The van der Waals surface area contributed by atoms with Crippen LogP contribution in [0.25, 0.3) is 10.4 Å². The number of benzene rings is 1. The maximum atomic E-state index is 12.8. The van der Waals surface area contributed by atoms with E-state index in [0.29, 0.717) is 19.1 Å². The minimum absolute atomic E-state index is 0.141. The van der Waals surface area contributed by atoms with E-state index < -0.39 is 0 Å². The van der Waals surface area contributed by atoms with Gasteiger partial charge in [-0.25, -0.2) is 0 Å². The molecule has 1 unspecified atom stereocenters. The monoisotopic (exact) mass is 370 g/mol. The Balaban J connectivity index is 1.39. The van der Waals surface area contributed by atoms with Crippen LogP contribution in [-0.2, 0) is 16.1 Å². The van der Waals surface area contributed by atoms with Gasteiger partial charge in [-0.05, 0) is 48.0 Å². The molecule has 2 fully saturated rings. The fourth-order valence-corrected chi connectivity index (χ4v) is 4.69. The molecule has 2 aromatic rings. The summed E-state index contributed by atoms with van der Waals surface area (Å²) < 4.78 is 5.38. The smallest absolute Gasteiger partial charge is 0.227 e. The number of thiophene rings is 1. The lowest BCUT2D eigenvalue weighted by Gasteiger charge is -2.36. The number of likely N-dealkylation sites (tertiary alicyclic amines) is 1. The lowest BCUT2D eigenvalue weighted by Crippen LogP contribution is -2.48. The van der Waals surface area contributed by atoms with Crippen molar-refractivity contribution >= 4 is 17.2 Å². The standard InChI is InChI=1S/C21H26N2O2S/c24-21(23-9-11-25-12-10-23)19-6-2-8-22(16-19)15-17-4-1-5-18(14-17)20-7-3-13-26-20/h1,3-5,7,13-14,19H,2,6,8-12,15-16H2. The molecule has 5 heteroatoms. The third-order valence-electron chi connectivity index (χ3n) is 5.32. The summed E-state index contributed by atoms with van der Waals surface area (Å²) >= 11 is 1.78. The van der Waals surface area contributed by atoms with Crippen LogP contribution in [0.1, 0.15) is 18.4 Å². The number of amides is 1. The second-order valence-corrected chi connectivity index (χ2v) is 8.14. The maximum absolute atomic E-state index is 12.8. The highest BCUT2D eigenvalue weighted by molar-refractivity contribution is 7.13. The van der Waals surface area contributed by atoms with E-state index in [1.54, 1.807) is 11.3 Å². The first kappa shape index (κ1) is 17.7. The van der Waals surface area contributed by atoms with Crippen LogP contribution in [0.4, 0.5) is 0 Å². The zero-order valence-corrected chi connectivity index (χ0v) is 15.9. The topological polar surface area (TPSA) is 32.8 Å². The molecule has 0 radical (unpaired) electrons. The molecule has 3 heterocycles. The first-order valence-corrected chi connectivity index (χ1v) is 10.4. The van der Waals surface area contributed by atoms with Crippen LogP contribution in [0.3, 0.4) is 0 Å². The molecule has 2 aliphatic heterocycles. The molecule has 0 bridgehead atoms. The van der Waals surface area contributed by atoms with Crippen molar-refractivity contribution in [3.8, 4) is 10.4 Å². The van der Waals surface area contributed by atoms with E-state index in [-0.39, 0.29) is 5.92 Å². The molecule has 1 aromatic heterocycles. The molecule has 1 amide bonds. The summed E-state index contributed by atoms with van der Waals surface area (Å²) in [4.78, 5) is 18.6. The number of piperidine rings is 1. The van der Waals surface area contributed by atoms with E-state index in [2.05, 4.69) is 46.7 Å². The van der Waals surface area contributed by atoms with Crippen molar-refractivity contribution in [1.29, 1.82) is 0 Å². The fourth-order valence-electron chi connectivity index (χ4n) is 3.97. The van der Waals surface area contributed by atoms with Gasteiger partial charge in [0, 0.05) is 31.1 Å². The quantitative estimate of drug-likeness (QED) is 0.826. The molecule has 0 saturated carbocycles. The number of carbonyl (C=O) groups is 1. The third-order valence-corrected chi connectivity index (χ3v) is 6.24. The summed E-state index contributed by atoms with van der Waals surface area (Å²) in [5.41, 5.74) is 2.62. The first-order chi connectivity index (χ1) is 12.8. The van der Waals surface area contributed by atoms with Crippen molar-refractivity contribution in [3.05, 3.63) is 47.3 Å². The molecule has 0 aliphatic carbocycles. The lowest BCUT2D eigenvalue weighted by atomic mass is 9.95. The Kier molecular flexibility index (Phi) is 5.68. The van der Waals surface area contributed by atoms with Crippen LogP contribution >= 0.6 is 11.3 Å². The molecule has 4 rings (SSSR count). The zero-order chi connectivity index (χ0) is 17.8. The van der Waals surface area contributed by atoms with Gasteiger partial charge in [-0.2, -0.15) is 0 Å². The van der Waals surface area contributed by atoms with Gasteiger partial charge in [-0.15, -0.1) is 11.3 Å². The van der Waals surface area contributed by atoms with Gasteiger partial charge in [0.2, 0.25) is 5.91 Å². The number of hydrogen-bond acceptors (Lipinski definition) is 4. The number of hydrogen-bond donors (Lipinski definition) is 0. The molecule has 0 spiro atoms. The summed E-state index contributed by atoms with van der Waals surface area (Å²) in [5, 5.41) is 2.12. The molecular formula is C21H26N2O2S. The molecule has 2 saturated heterocycles. The minimum atomic E-state index is 0.141. The Morgan fingerprint density at radius 2 is 2.04 bits per heavy atom. The van der Waals surface area contributed by atoms with Gasteiger partial charge in [0.05, 0.1) is 19.1 Å². The highest BCUT2D eigenvalue weighted by Crippen LogP contribution is 2.27. The Morgan fingerprint density at radius 1 is 1.15 bits per heavy atom.